The molecule has 3 aromatic rings. The third-order valence-corrected chi connectivity index (χ3v) is 7.87. The Bertz CT molecular complexity index is 1350. The zero-order valence-electron chi connectivity index (χ0n) is 19.0. The minimum absolute atomic E-state index is 0.179. The van der Waals surface area contributed by atoms with Gasteiger partial charge in [0, 0.05) is 32.2 Å². The second-order valence-corrected chi connectivity index (χ2v) is 9.85. The van der Waals surface area contributed by atoms with E-state index in [1.165, 1.54) is 24.6 Å². The summed E-state index contributed by atoms with van der Waals surface area (Å²) in [7, 11) is -0.680. The quantitative estimate of drug-likeness (QED) is 0.565. The average molecular weight is 480 g/mol. The minimum atomic E-state index is -3.68. The molecule has 1 saturated heterocycles. The van der Waals surface area contributed by atoms with Crippen molar-refractivity contribution >= 4 is 21.5 Å². The van der Waals surface area contributed by atoms with Gasteiger partial charge in [-0.15, -0.1) is 0 Å². The molecule has 0 spiro atoms. The molecule has 0 saturated carbocycles. The molecule has 0 aromatic heterocycles. The van der Waals surface area contributed by atoms with Crippen molar-refractivity contribution in [1.82, 2.24) is 9.21 Å². The molecule has 2 heterocycles. The van der Waals surface area contributed by atoms with E-state index in [0.717, 1.165) is 22.8 Å². The lowest BCUT2D eigenvalue weighted by molar-refractivity contribution is 0.266. The van der Waals surface area contributed by atoms with Crippen LogP contribution in [-0.4, -0.2) is 63.9 Å². The van der Waals surface area contributed by atoms with E-state index in [9.17, 15) is 8.42 Å². The van der Waals surface area contributed by atoms with Gasteiger partial charge in [-0.1, -0.05) is 24.3 Å². The molecule has 0 aliphatic carbocycles. The molecule has 9 heteroatoms. The standard InChI is InChI=1S/C25H25N3O5S/c1-31-23-12-11-18(17-24(23)32-2)34(29,30)28-15-13-27(14-16-28)25-19-7-3-5-9-21(19)33-22-10-6-4-8-20(22)26-25/h3-12,17H,13-16H2,1-2H3. The van der Waals surface area contributed by atoms with E-state index >= 15 is 0 Å². The van der Waals surface area contributed by atoms with Crippen LogP contribution in [0.3, 0.4) is 0 Å². The molecule has 0 unspecified atom stereocenters. The fourth-order valence-electron chi connectivity index (χ4n) is 4.18. The first-order valence-corrected chi connectivity index (χ1v) is 12.4. The maximum absolute atomic E-state index is 13.3. The number of ether oxygens (including phenoxy) is 3. The van der Waals surface area contributed by atoms with Gasteiger partial charge in [-0.2, -0.15) is 4.31 Å². The molecule has 34 heavy (non-hydrogen) atoms. The molecule has 0 atom stereocenters. The first kappa shape index (κ1) is 22.2. The summed E-state index contributed by atoms with van der Waals surface area (Å²) < 4.78 is 44.8. The highest BCUT2D eigenvalue weighted by Gasteiger charge is 2.32. The number of sulfonamides is 1. The topological polar surface area (TPSA) is 80.7 Å². The van der Waals surface area contributed by atoms with Crippen LogP contribution in [-0.2, 0) is 10.0 Å². The number of fused-ring (bicyclic) bond motifs is 2. The Hall–Kier alpha value is -3.56. The molecular weight excluding hydrogens is 454 g/mol. The van der Waals surface area contributed by atoms with Gasteiger partial charge >= 0.3 is 0 Å². The number of hydrogen-bond acceptors (Lipinski definition) is 7. The molecule has 3 aromatic carbocycles. The Morgan fingerprint density at radius 3 is 2.24 bits per heavy atom. The molecule has 8 nitrogen and oxygen atoms in total. The molecule has 2 aliphatic rings. The minimum Gasteiger partial charge on any atom is -0.493 e. The predicted molar refractivity (Wildman–Crippen MR) is 129 cm³/mol. The highest BCUT2D eigenvalue weighted by molar-refractivity contribution is 7.89. The summed E-state index contributed by atoms with van der Waals surface area (Å²) >= 11 is 0. The van der Waals surface area contributed by atoms with E-state index in [0.29, 0.717) is 43.4 Å². The Morgan fingerprint density at radius 1 is 0.824 bits per heavy atom. The zero-order valence-corrected chi connectivity index (χ0v) is 19.8. The lowest BCUT2D eigenvalue weighted by atomic mass is 10.1. The van der Waals surface area contributed by atoms with Crippen molar-refractivity contribution in [3.8, 4) is 23.0 Å². The smallest absolute Gasteiger partial charge is 0.243 e. The summed E-state index contributed by atoms with van der Waals surface area (Å²) in [5.41, 5.74) is 1.63. The summed E-state index contributed by atoms with van der Waals surface area (Å²) in [5.74, 6) is 3.07. The number of aliphatic imine (C=N–C) groups is 1. The Kier molecular flexibility index (Phi) is 5.89. The first-order valence-electron chi connectivity index (χ1n) is 10.9. The molecule has 0 N–H and O–H groups in total. The van der Waals surface area contributed by atoms with Gasteiger partial charge in [0.1, 0.15) is 17.3 Å². The number of methoxy groups -OCH3 is 2. The number of benzene rings is 3. The van der Waals surface area contributed by atoms with Crippen molar-refractivity contribution in [2.24, 2.45) is 4.99 Å². The molecule has 176 valence electrons. The number of rotatable bonds is 4. The Labute approximate surface area is 199 Å². The van der Waals surface area contributed by atoms with Crippen LogP contribution in [0.25, 0.3) is 0 Å². The molecule has 2 aliphatic heterocycles. The highest BCUT2D eigenvalue weighted by atomic mass is 32.2. The van der Waals surface area contributed by atoms with E-state index in [2.05, 4.69) is 4.90 Å². The number of hydrogen-bond donors (Lipinski definition) is 0. The van der Waals surface area contributed by atoms with Crippen molar-refractivity contribution in [2.45, 2.75) is 4.90 Å². The normalized spacial score (nSPS) is 15.9. The van der Waals surface area contributed by atoms with Crippen LogP contribution in [0.15, 0.2) is 76.6 Å². The largest absolute Gasteiger partial charge is 0.493 e. The van der Waals surface area contributed by atoms with E-state index in [1.807, 2.05) is 48.5 Å². The SMILES string of the molecule is COc1ccc(S(=O)(=O)N2CCN(C3=Nc4ccccc4Oc4ccccc43)CC2)cc1OC. The van der Waals surface area contributed by atoms with Gasteiger partial charge in [0.15, 0.2) is 17.2 Å². The molecule has 5 rings (SSSR count). The van der Waals surface area contributed by atoms with Gasteiger partial charge in [-0.25, -0.2) is 13.4 Å². The number of amidine groups is 1. The lowest BCUT2D eigenvalue weighted by Gasteiger charge is -2.36. The van der Waals surface area contributed by atoms with Gasteiger partial charge in [0.25, 0.3) is 0 Å². The van der Waals surface area contributed by atoms with E-state index < -0.39 is 10.0 Å². The van der Waals surface area contributed by atoms with Gasteiger partial charge in [0.2, 0.25) is 10.0 Å². The number of piperazine rings is 1. The predicted octanol–water partition coefficient (Wildman–Crippen LogP) is 3.89. The van der Waals surface area contributed by atoms with Crippen molar-refractivity contribution in [1.29, 1.82) is 0 Å². The van der Waals surface area contributed by atoms with Crippen LogP contribution in [0.1, 0.15) is 5.56 Å². The van der Waals surface area contributed by atoms with Crippen molar-refractivity contribution in [3.05, 3.63) is 72.3 Å². The monoisotopic (exact) mass is 479 g/mol. The van der Waals surface area contributed by atoms with Crippen molar-refractivity contribution < 1.29 is 22.6 Å². The van der Waals surface area contributed by atoms with Crippen LogP contribution < -0.4 is 14.2 Å². The second kappa shape index (κ2) is 9.00. The fourth-order valence-corrected chi connectivity index (χ4v) is 5.61. The van der Waals surface area contributed by atoms with Gasteiger partial charge in [0.05, 0.1) is 24.7 Å². The molecule has 0 radical (unpaired) electrons. The number of para-hydroxylation sites is 3. The molecule has 0 bridgehead atoms. The Morgan fingerprint density at radius 2 is 1.50 bits per heavy atom. The van der Waals surface area contributed by atoms with Crippen molar-refractivity contribution in [3.63, 3.8) is 0 Å². The van der Waals surface area contributed by atoms with Crippen LogP contribution in [0.4, 0.5) is 5.69 Å². The van der Waals surface area contributed by atoms with E-state index in [4.69, 9.17) is 19.2 Å². The van der Waals surface area contributed by atoms with Crippen LogP contribution >= 0.6 is 0 Å². The lowest BCUT2D eigenvalue weighted by Crippen LogP contribution is -2.50. The third-order valence-electron chi connectivity index (χ3n) is 5.97. The first-order chi connectivity index (χ1) is 16.5. The summed E-state index contributed by atoms with van der Waals surface area (Å²) in [6.45, 7) is 1.67. The van der Waals surface area contributed by atoms with Crippen LogP contribution in [0.2, 0.25) is 0 Å². The van der Waals surface area contributed by atoms with Crippen LogP contribution in [0, 0.1) is 0 Å². The van der Waals surface area contributed by atoms with Gasteiger partial charge in [-0.3, -0.25) is 0 Å². The molecular formula is C25H25N3O5S. The second-order valence-electron chi connectivity index (χ2n) is 7.91. The summed E-state index contributed by atoms with van der Waals surface area (Å²) in [4.78, 5) is 7.21. The summed E-state index contributed by atoms with van der Waals surface area (Å²) in [6, 6.07) is 20.1. The van der Waals surface area contributed by atoms with Gasteiger partial charge < -0.3 is 19.1 Å². The average Bonchev–Trinajstić information content (AvgIpc) is 3.05. The van der Waals surface area contributed by atoms with Crippen molar-refractivity contribution in [2.75, 3.05) is 40.4 Å². The van der Waals surface area contributed by atoms with Gasteiger partial charge in [-0.05, 0) is 36.4 Å². The summed E-state index contributed by atoms with van der Waals surface area (Å²) in [6.07, 6.45) is 0. The molecule has 0 amide bonds. The molecule has 1 fully saturated rings. The highest BCUT2D eigenvalue weighted by Crippen LogP contribution is 2.38. The fraction of sp³-hybridized carbons (Fsp3) is 0.240. The van der Waals surface area contributed by atoms with E-state index in [1.54, 1.807) is 12.1 Å². The summed E-state index contributed by atoms with van der Waals surface area (Å²) in [5, 5.41) is 0. The zero-order chi connectivity index (χ0) is 23.7. The maximum atomic E-state index is 13.3. The Balaban J connectivity index is 1.41. The van der Waals surface area contributed by atoms with Crippen LogP contribution in [0.5, 0.6) is 23.0 Å². The number of nitrogens with zero attached hydrogens (tertiary/aromatic N) is 3. The maximum Gasteiger partial charge on any atom is 0.243 e. The third kappa shape index (κ3) is 3.97. The van der Waals surface area contributed by atoms with E-state index in [-0.39, 0.29) is 4.90 Å².